The van der Waals surface area contributed by atoms with Crippen LogP contribution in [0.2, 0.25) is 0 Å². The first-order valence-electron chi connectivity index (χ1n) is 52.0. The van der Waals surface area contributed by atoms with Crippen LogP contribution in [-0.4, -0.2) is 15.8 Å². The van der Waals surface area contributed by atoms with Crippen molar-refractivity contribution in [2.75, 3.05) is 9.80 Å². The Labute approximate surface area is 799 Å². The fraction of sp³-hybridized carbons (Fsp3) is 0.381. The van der Waals surface area contributed by atoms with E-state index in [9.17, 15) is 11.0 Å². The predicted octanol–water partition coefficient (Wildman–Crippen LogP) is 34.1. The maximum absolute atomic E-state index is 10.2. The van der Waals surface area contributed by atoms with Gasteiger partial charge in [-0.2, -0.15) is 0 Å². The van der Waals surface area contributed by atoms with Crippen LogP contribution in [0, 0.1) is 21.7 Å². The van der Waals surface area contributed by atoms with Gasteiger partial charge in [0, 0.05) is 88.9 Å². The largest absolute Gasteiger partial charge is 0.310 e. The van der Waals surface area contributed by atoms with E-state index in [1.54, 1.807) is 0 Å². The Morgan fingerprint density at radius 2 is 0.466 bits per heavy atom. The number of anilines is 6. The van der Waals surface area contributed by atoms with Gasteiger partial charge in [0.15, 0.2) is 0 Å². The summed E-state index contributed by atoms with van der Waals surface area (Å²) in [5.41, 5.74) is 26.2. The summed E-state index contributed by atoms with van der Waals surface area (Å²) in [7, 11) is 0. The number of benzene rings is 13. The molecule has 2 aliphatic heterocycles. The van der Waals surface area contributed by atoms with Gasteiger partial charge in [-0.1, -0.05) is 362 Å². The molecule has 13 aromatic carbocycles. The molecule has 0 saturated carbocycles. The molecule has 15 aromatic rings. The number of rotatable bonds is 12. The SMILES string of the molecule is [2H]C([2H])(c1cccc(-c2cc(C(C)(C)C)cc(-c3cccc(C([2H])([2H])C(C)(C)C)c3)c2N2c3cc(-n4c5ccc(C(C)(C)C)cc5c5cc(C(C)(C)C)ccc54)ccc3B3c4ccc(-n5c6ccc(C(C)(C)C)cc6c6cc(C(C)(C)C)ccc65)cc4N(c4c(-c5cccc(C([2H])([2H])C(C)(C)C)c5)cc(C(C)(C)C)cc4-c4cccc(C([2H])([2H])C(C)(C)C)c4)c4cc(C(C)(C)C)cc2c43)c1)C(C)(C)C. The molecule has 131 heavy (non-hydrogen) atoms. The van der Waals surface area contributed by atoms with Crippen molar-refractivity contribution >= 4 is 101 Å². The van der Waals surface area contributed by atoms with Gasteiger partial charge in [0.25, 0.3) is 6.71 Å². The Balaban J connectivity index is 1.13. The van der Waals surface area contributed by atoms with Gasteiger partial charge in [-0.25, -0.2) is 0 Å². The summed E-state index contributed by atoms with van der Waals surface area (Å²) in [4.78, 5) is 5.18. The first kappa shape index (κ1) is 82.1. The topological polar surface area (TPSA) is 16.3 Å². The molecular formula is C126H147BN4. The zero-order chi connectivity index (χ0) is 102. The number of aromatic nitrogens is 2. The summed E-state index contributed by atoms with van der Waals surface area (Å²) in [6.07, 6.45) is -7.24. The third kappa shape index (κ3) is 18.0. The fourth-order valence-corrected chi connectivity index (χ4v) is 19.9. The molecule has 17 rings (SSSR count). The summed E-state index contributed by atoms with van der Waals surface area (Å²) >= 11 is 0. The quantitative estimate of drug-likeness (QED) is 0.113. The molecule has 0 atom stereocenters. The van der Waals surface area contributed by atoms with Crippen molar-refractivity contribution in [3.8, 4) is 55.9 Å². The third-order valence-electron chi connectivity index (χ3n) is 26.6. The number of hydrogen-bond donors (Lipinski definition) is 0. The van der Waals surface area contributed by atoms with Crippen molar-refractivity contribution in [3.05, 3.63) is 304 Å². The first-order valence-corrected chi connectivity index (χ1v) is 48.0. The highest BCUT2D eigenvalue weighted by atomic mass is 15.2. The zero-order valence-corrected chi connectivity index (χ0v) is 85.0. The maximum atomic E-state index is 10.2. The molecule has 2 aliphatic rings. The lowest BCUT2D eigenvalue weighted by atomic mass is 9.33. The van der Waals surface area contributed by atoms with Gasteiger partial charge in [-0.15, -0.1) is 0 Å². The van der Waals surface area contributed by atoms with E-state index in [1.807, 2.05) is 132 Å². The second-order valence-electron chi connectivity index (χ2n) is 49.5. The Bertz CT molecular complexity index is 6720. The zero-order valence-electron chi connectivity index (χ0n) is 93.0. The molecule has 0 N–H and O–H groups in total. The van der Waals surface area contributed by atoms with Gasteiger partial charge in [0.05, 0.1) is 33.4 Å². The van der Waals surface area contributed by atoms with Gasteiger partial charge in [-0.3, -0.25) is 0 Å². The van der Waals surface area contributed by atoms with Crippen LogP contribution in [0.3, 0.4) is 0 Å². The minimum absolute atomic E-state index is 0.165. The number of nitrogens with zero attached hydrogens (tertiary/aromatic N) is 4. The molecule has 0 amide bonds. The van der Waals surface area contributed by atoms with Crippen molar-refractivity contribution in [2.24, 2.45) is 21.7 Å². The third-order valence-corrected chi connectivity index (χ3v) is 26.6. The lowest BCUT2D eigenvalue weighted by molar-refractivity contribution is 0.411. The summed E-state index contributed by atoms with van der Waals surface area (Å²) < 4.78 is 86.9. The lowest BCUT2D eigenvalue weighted by Gasteiger charge is -2.47. The van der Waals surface area contributed by atoms with Crippen molar-refractivity contribution in [2.45, 2.75) is 292 Å². The highest BCUT2D eigenvalue weighted by molar-refractivity contribution is 7.00. The van der Waals surface area contributed by atoms with Crippen LogP contribution < -0.4 is 26.2 Å². The summed E-state index contributed by atoms with van der Waals surface area (Å²) in [5.74, 6) is 0. The van der Waals surface area contributed by atoms with Crippen LogP contribution in [-0.2, 0) is 63.4 Å². The molecule has 0 fully saturated rings. The molecule has 0 bridgehead atoms. The van der Waals surface area contributed by atoms with E-state index < -0.39 is 70.1 Å². The van der Waals surface area contributed by atoms with E-state index in [0.29, 0.717) is 22.3 Å². The Morgan fingerprint density at radius 3 is 0.695 bits per heavy atom. The van der Waals surface area contributed by atoms with Gasteiger partial charge in [-0.05, 0) is 294 Å². The number of hydrogen-bond acceptors (Lipinski definition) is 2. The summed E-state index contributed by atoms with van der Waals surface area (Å²) in [5, 5.41) is 4.66. The van der Waals surface area contributed by atoms with E-state index in [1.165, 1.54) is 43.8 Å². The highest BCUT2D eigenvalue weighted by Crippen LogP contribution is 2.57. The van der Waals surface area contributed by atoms with E-state index in [-0.39, 0.29) is 21.7 Å². The highest BCUT2D eigenvalue weighted by Gasteiger charge is 2.47. The van der Waals surface area contributed by atoms with Gasteiger partial charge >= 0.3 is 0 Å². The van der Waals surface area contributed by atoms with E-state index in [2.05, 4.69) is 358 Å². The smallest absolute Gasteiger partial charge is 0.252 e. The standard InChI is InChI=1S/C126H147BN4/c1-116(2,3)74-78-38-34-42-82(58-78)95-66-90(124(25,26)27)67-96(83-43-35-39-79(59-83)75-117(4,5)6)114(95)130-109-72-93(128-105-54-46-86(120(13,14)15)62-99(105)100-63-87(121(16,17)18)47-55-106(100)128)50-52-103(109)127-104-53-51-94(129-107-56-48-88(122(19,20)21)64-101(107)102-65-89(123(22,23)24)49-57-108(102)129)73-110(104)131(112-71-92(126(31,32)33)70-111(130)113(112)127)115-97(84-44-36-40-80(60-84)76-118(7,8)9)68-91(125(28,29)30)69-98(115)85-45-37-41-81(61-85)77-119(10,11)12/h34-73H,74-77H2,1-33H3/i74D2,75D2,76D2,77D2. The average Bonchev–Trinajstić information content (AvgIpc) is 0.996. The van der Waals surface area contributed by atoms with Gasteiger partial charge in [0.1, 0.15) is 0 Å². The van der Waals surface area contributed by atoms with Crippen molar-refractivity contribution in [3.63, 3.8) is 0 Å². The van der Waals surface area contributed by atoms with Crippen LogP contribution in [0.1, 0.15) is 301 Å². The predicted molar refractivity (Wildman–Crippen MR) is 574 cm³/mol. The molecule has 0 spiro atoms. The van der Waals surface area contributed by atoms with E-state index in [4.69, 9.17) is 0 Å². The second kappa shape index (κ2) is 31.9. The van der Waals surface area contributed by atoms with Crippen molar-refractivity contribution < 1.29 is 11.0 Å². The van der Waals surface area contributed by atoms with Crippen molar-refractivity contribution in [1.29, 1.82) is 0 Å². The van der Waals surface area contributed by atoms with E-state index >= 15 is 0 Å². The van der Waals surface area contributed by atoms with Crippen LogP contribution in [0.4, 0.5) is 34.1 Å². The second-order valence-corrected chi connectivity index (χ2v) is 49.5. The monoisotopic (exact) mass is 1740 g/mol. The van der Waals surface area contributed by atoms with Crippen LogP contribution in [0.15, 0.2) is 243 Å². The van der Waals surface area contributed by atoms with Crippen LogP contribution in [0.5, 0.6) is 0 Å². The van der Waals surface area contributed by atoms with Crippen LogP contribution in [0.25, 0.3) is 99.5 Å². The molecule has 5 heteroatoms. The molecule has 2 aromatic heterocycles. The Morgan fingerprint density at radius 1 is 0.229 bits per heavy atom. The molecule has 4 heterocycles. The van der Waals surface area contributed by atoms with Gasteiger partial charge < -0.3 is 18.9 Å². The molecular weight excluding hydrogens is 1580 g/mol. The maximum Gasteiger partial charge on any atom is 0.252 e. The van der Waals surface area contributed by atoms with Gasteiger partial charge in [0.2, 0.25) is 0 Å². The summed E-state index contributed by atoms with van der Waals surface area (Å²) in [6.45, 7) is 71.4. The minimum atomic E-state index is -1.81. The van der Waals surface area contributed by atoms with Crippen molar-refractivity contribution in [1.82, 2.24) is 9.13 Å². The minimum Gasteiger partial charge on any atom is -0.310 e. The fourth-order valence-electron chi connectivity index (χ4n) is 19.9. The molecule has 674 valence electrons. The summed E-state index contributed by atoms with van der Waals surface area (Å²) in [6, 6.07) is 90.3. The van der Waals surface area contributed by atoms with Crippen LogP contribution >= 0.6 is 0 Å². The van der Waals surface area contributed by atoms with E-state index in [0.717, 1.165) is 145 Å². The lowest BCUT2D eigenvalue weighted by Crippen LogP contribution is -2.61. The Kier molecular flexibility index (Phi) is 20.0. The molecule has 0 saturated heterocycles. The molecule has 0 aliphatic carbocycles. The normalized spacial score (nSPS) is 15.3. The average molecular weight is 1740 g/mol. The molecule has 4 nitrogen and oxygen atoms in total. The molecule has 0 radical (unpaired) electrons. The number of fused-ring (bicyclic) bond motifs is 10. The first-order chi connectivity index (χ1) is 63.9. The molecule has 0 unspecified atom stereocenters. The Hall–Kier alpha value is -10.9.